The highest BCUT2D eigenvalue weighted by Gasteiger charge is 2.25. The molecule has 1 aromatic carbocycles. The van der Waals surface area contributed by atoms with Crippen LogP contribution in [0.3, 0.4) is 0 Å². The van der Waals surface area contributed by atoms with Gasteiger partial charge >= 0.3 is 6.09 Å². The maximum absolute atomic E-state index is 13.4. The summed E-state index contributed by atoms with van der Waals surface area (Å²) in [5, 5.41) is 12.3. The van der Waals surface area contributed by atoms with Gasteiger partial charge in [0.2, 0.25) is 5.91 Å². The number of piperidine rings is 1. The predicted octanol–water partition coefficient (Wildman–Crippen LogP) is 1.63. The van der Waals surface area contributed by atoms with Crippen molar-refractivity contribution in [3.05, 3.63) is 51.7 Å². The van der Waals surface area contributed by atoms with Gasteiger partial charge in [0.25, 0.3) is 5.56 Å². The third-order valence-corrected chi connectivity index (χ3v) is 5.62. The Balaban J connectivity index is 1.78. The summed E-state index contributed by atoms with van der Waals surface area (Å²) >= 11 is 0. The highest BCUT2D eigenvalue weighted by Crippen LogP contribution is 2.18. The quantitative estimate of drug-likeness (QED) is 0.649. The fraction of sp³-hybridized carbons (Fsp3) is 0.478. The minimum absolute atomic E-state index is 0.120. The zero-order valence-electron chi connectivity index (χ0n) is 18.8. The first-order chi connectivity index (χ1) is 15.8. The van der Waals surface area contributed by atoms with E-state index in [9.17, 15) is 23.9 Å². The van der Waals surface area contributed by atoms with E-state index in [4.69, 9.17) is 4.74 Å². The summed E-state index contributed by atoms with van der Waals surface area (Å²) in [7, 11) is 0. The van der Waals surface area contributed by atoms with Crippen molar-refractivity contribution in [2.45, 2.75) is 45.7 Å². The monoisotopic (exact) mass is 460 g/mol. The number of hydrogen-bond acceptors (Lipinski definition) is 6. The van der Waals surface area contributed by atoms with Crippen molar-refractivity contribution in [1.29, 1.82) is 0 Å². The van der Waals surface area contributed by atoms with Crippen molar-refractivity contribution < 1.29 is 23.8 Å². The number of benzene rings is 1. The summed E-state index contributed by atoms with van der Waals surface area (Å²) in [4.78, 5) is 43.9. The molecule has 1 aromatic heterocycles. The molecule has 1 aliphatic rings. The molecule has 2 aromatic rings. The van der Waals surface area contributed by atoms with Gasteiger partial charge in [0.15, 0.2) is 0 Å². The summed E-state index contributed by atoms with van der Waals surface area (Å²) in [5.74, 6) is -0.532. The van der Waals surface area contributed by atoms with Gasteiger partial charge in [-0.05, 0) is 51.0 Å². The number of ether oxygens (including phenoxy) is 1. The van der Waals surface area contributed by atoms with E-state index in [1.807, 2.05) is 0 Å². The molecule has 0 spiro atoms. The molecule has 0 saturated carbocycles. The maximum atomic E-state index is 13.4. The summed E-state index contributed by atoms with van der Waals surface area (Å²) < 4.78 is 19.7. The highest BCUT2D eigenvalue weighted by molar-refractivity contribution is 5.77. The predicted molar refractivity (Wildman–Crippen MR) is 119 cm³/mol. The average Bonchev–Trinajstić information content (AvgIpc) is 2.79. The smallest absolute Gasteiger partial charge is 0.409 e. The number of amides is 2. The Labute approximate surface area is 191 Å². The van der Waals surface area contributed by atoms with Gasteiger partial charge in [-0.25, -0.2) is 14.2 Å². The Morgan fingerprint density at radius 3 is 2.52 bits per heavy atom. The lowest BCUT2D eigenvalue weighted by atomic mass is 10.1. The van der Waals surface area contributed by atoms with E-state index in [0.29, 0.717) is 49.4 Å². The number of halogens is 1. The number of likely N-dealkylation sites (tertiary alicyclic amines) is 1. The van der Waals surface area contributed by atoms with E-state index < -0.39 is 11.4 Å². The molecule has 0 radical (unpaired) electrons. The molecule has 3 rings (SSSR count). The molecule has 0 atom stereocenters. The summed E-state index contributed by atoms with van der Waals surface area (Å²) in [6.07, 6.45) is 0.910. The van der Waals surface area contributed by atoms with Crippen LogP contribution >= 0.6 is 0 Å². The third kappa shape index (κ3) is 5.95. The Morgan fingerprint density at radius 1 is 1.24 bits per heavy atom. The Bertz CT molecular complexity index is 1050. The summed E-state index contributed by atoms with van der Waals surface area (Å²) in [5.41, 5.74) is 0.876. The van der Waals surface area contributed by atoms with Crippen LogP contribution < -0.4 is 10.9 Å². The second kappa shape index (κ2) is 11.0. The van der Waals surface area contributed by atoms with E-state index >= 15 is 0 Å². The third-order valence-electron chi connectivity index (χ3n) is 5.62. The lowest BCUT2D eigenvalue weighted by Gasteiger charge is -2.31. The molecule has 0 bridgehead atoms. The molecule has 9 nitrogen and oxygen atoms in total. The van der Waals surface area contributed by atoms with Gasteiger partial charge in [-0.1, -0.05) is 0 Å². The standard InChI is InChI=1S/C23H29FN4O5/c1-3-33-23(32)27-11-8-18(9-12-27)26-20(30)14-28-21(16-4-6-17(24)7-5-16)25-15(2)19(10-13-29)22(28)31/h4-7,18,29H,3,8-14H2,1-2H3,(H,26,30). The van der Waals surface area contributed by atoms with Crippen LogP contribution in [0.4, 0.5) is 9.18 Å². The number of aromatic nitrogens is 2. The number of carbonyl (C=O) groups excluding carboxylic acids is 2. The number of carbonyl (C=O) groups is 2. The number of nitrogens with zero attached hydrogens (tertiary/aromatic N) is 3. The first kappa shape index (κ1) is 24.4. The zero-order chi connectivity index (χ0) is 24.0. The largest absolute Gasteiger partial charge is 0.450 e. The molecule has 1 fully saturated rings. The molecule has 1 aliphatic heterocycles. The molecule has 178 valence electrons. The Hall–Kier alpha value is -3.27. The van der Waals surface area contributed by atoms with Gasteiger partial charge in [0.05, 0.1) is 6.61 Å². The maximum Gasteiger partial charge on any atom is 0.409 e. The van der Waals surface area contributed by atoms with E-state index in [1.165, 1.54) is 28.8 Å². The lowest BCUT2D eigenvalue weighted by molar-refractivity contribution is -0.122. The normalized spacial score (nSPS) is 14.2. The molecule has 0 aliphatic carbocycles. The molecular formula is C23H29FN4O5. The number of rotatable bonds is 7. The van der Waals surface area contributed by atoms with Gasteiger partial charge in [-0.3, -0.25) is 14.2 Å². The summed E-state index contributed by atoms with van der Waals surface area (Å²) in [6.45, 7) is 4.17. The molecular weight excluding hydrogens is 431 g/mol. The number of aliphatic hydroxyl groups is 1. The fourth-order valence-corrected chi connectivity index (χ4v) is 3.90. The average molecular weight is 461 g/mol. The van der Waals surface area contributed by atoms with Crippen LogP contribution in [0, 0.1) is 12.7 Å². The number of aryl methyl sites for hydroxylation is 1. The van der Waals surface area contributed by atoms with Crippen LogP contribution in [0.1, 0.15) is 31.0 Å². The van der Waals surface area contributed by atoms with Crippen LogP contribution in [0.15, 0.2) is 29.1 Å². The van der Waals surface area contributed by atoms with Crippen LogP contribution in [0.25, 0.3) is 11.4 Å². The number of nitrogens with one attached hydrogen (secondary N) is 1. The van der Waals surface area contributed by atoms with Crippen molar-refractivity contribution >= 4 is 12.0 Å². The zero-order valence-corrected chi connectivity index (χ0v) is 18.8. The minimum atomic E-state index is -0.423. The van der Waals surface area contributed by atoms with Crippen molar-refractivity contribution in [1.82, 2.24) is 19.8 Å². The fourth-order valence-electron chi connectivity index (χ4n) is 3.90. The minimum Gasteiger partial charge on any atom is -0.450 e. The molecule has 2 heterocycles. The summed E-state index contributed by atoms with van der Waals surface area (Å²) in [6, 6.07) is 5.40. The van der Waals surface area contributed by atoms with E-state index in [2.05, 4.69) is 10.3 Å². The molecule has 1 saturated heterocycles. The van der Waals surface area contributed by atoms with E-state index in [1.54, 1.807) is 18.7 Å². The topological polar surface area (TPSA) is 114 Å². The van der Waals surface area contributed by atoms with Crippen molar-refractivity contribution in [3.63, 3.8) is 0 Å². The van der Waals surface area contributed by atoms with Crippen molar-refractivity contribution in [2.75, 3.05) is 26.3 Å². The molecule has 0 unspecified atom stereocenters. The van der Waals surface area contributed by atoms with Crippen molar-refractivity contribution in [3.8, 4) is 11.4 Å². The first-order valence-electron chi connectivity index (χ1n) is 11.0. The van der Waals surface area contributed by atoms with E-state index in [-0.39, 0.29) is 43.4 Å². The van der Waals surface area contributed by atoms with Gasteiger partial charge in [0.1, 0.15) is 18.2 Å². The van der Waals surface area contributed by atoms with Crippen LogP contribution in [0.5, 0.6) is 0 Å². The van der Waals surface area contributed by atoms with Gasteiger partial charge < -0.3 is 20.1 Å². The van der Waals surface area contributed by atoms with Crippen LogP contribution in [-0.2, 0) is 22.5 Å². The number of aliphatic hydroxyl groups excluding tert-OH is 1. The second-order valence-electron chi connectivity index (χ2n) is 7.90. The lowest BCUT2D eigenvalue weighted by Crippen LogP contribution is -2.48. The molecule has 2 N–H and O–H groups in total. The van der Waals surface area contributed by atoms with Crippen molar-refractivity contribution in [2.24, 2.45) is 0 Å². The van der Waals surface area contributed by atoms with Crippen LogP contribution in [-0.4, -0.2) is 63.9 Å². The highest BCUT2D eigenvalue weighted by atomic mass is 19.1. The second-order valence-corrected chi connectivity index (χ2v) is 7.90. The molecule has 2 amide bonds. The molecule has 33 heavy (non-hydrogen) atoms. The Morgan fingerprint density at radius 2 is 1.91 bits per heavy atom. The van der Waals surface area contributed by atoms with Crippen LogP contribution in [0.2, 0.25) is 0 Å². The Kier molecular flexibility index (Phi) is 8.16. The van der Waals surface area contributed by atoms with Gasteiger partial charge in [-0.15, -0.1) is 0 Å². The van der Waals surface area contributed by atoms with Gasteiger partial charge in [0, 0.05) is 49.0 Å². The molecule has 10 heteroatoms. The van der Waals surface area contributed by atoms with Gasteiger partial charge in [-0.2, -0.15) is 0 Å². The SMILES string of the molecule is CCOC(=O)N1CCC(NC(=O)Cn2c(-c3ccc(F)cc3)nc(C)c(CCO)c2=O)CC1. The first-order valence-corrected chi connectivity index (χ1v) is 11.0. The van der Waals surface area contributed by atoms with E-state index in [0.717, 1.165) is 0 Å². The number of hydrogen-bond donors (Lipinski definition) is 2.